The zero-order valence-electron chi connectivity index (χ0n) is 70.7. The number of benzene rings is 3. The van der Waals surface area contributed by atoms with Gasteiger partial charge in [-0.3, -0.25) is 96.0 Å². The molecule has 4 rings (SSSR count). The van der Waals surface area contributed by atoms with Gasteiger partial charge >= 0.3 is 17.9 Å². The summed E-state index contributed by atoms with van der Waals surface area (Å²) in [5, 5.41) is 124. The Kier molecular flexibility index (Phi) is 45.1. The van der Waals surface area contributed by atoms with E-state index in [-0.39, 0.29) is 61.7 Å². The van der Waals surface area contributed by atoms with Gasteiger partial charge in [-0.15, -0.1) is 0 Å². The molecule has 0 aliphatic carbocycles. The Morgan fingerprint density at radius 3 is 1.33 bits per heavy atom. The van der Waals surface area contributed by atoms with Crippen LogP contribution in [0.2, 0.25) is 0 Å². The molecular weight excluding hydrogens is 1680 g/mol. The van der Waals surface area contributed by atoms with Crippen molar-refractivity contribution < 1.29 is 137 Å². The van der Waals surface area contributed by atoms with Crippen LogP contribution in [0, 0.1) is 11.8 Å². The molecule has 44 nitrogen and oxygen atoms in total. The predicted molar refractivity (Wildman–Crippen MR) is 447 cm³/mol. The van der Waals surface area contributed by atoms with E-state index in [0.717, 1.165) is 13.8 Å². The Hall–Kier alpha value is -12.5. The van der Waals surface area contributed by atoms with Crippen LogP contribution < -0.4 is 80.2 Å². The lowest BCUT2D eigenvalue weighted by atomic mass is 9.96. The van der Waals surface area contributed by atoms with Crippen molar-refractivity contribution in [2.75, 3.05) is 38.6 Å². The number of carboxylic acid groups (broad SMARTS) is 3. The van der Waals surface area contributed by atoms with E-state index in [0.29, 0.717) is 59.2 Å². The van der Waals surface area contributed by atoms with E-state index in [2.05, 4.69) is 74.4 Å². The van der Waals surface area contributed by atoms with Gasteiger partial charge in [0.05, 0.1) is 50.6 Å². The predicted octanol–water partition coefficient (Wildman–Crippen LogP) is -5.18. The maximum Gasteiger partial charge on any atom is 0.305 e. The fourth-order valence-corrected chi connectivity index (χ4v) is 13.3. The number of carbonyl (C=O) groups excluding carboxylic acids is 16. The van der Waals surface area contributed by atoms with Crippen LogP contribution >= 0.6 is 11.8 Å². The van der Waals surface area contributed by atoms with E-state index in [1.54, 1.807) is 58.0 Å². The Bertz CT molecular complexity index is 4240. The molecule has 0 spiro atoms. The third kappa shape index (κ3) is 37.1. The maximum atomic E-state index is 14.7. The van der Waals surface area contributed by atoms with Crippen molar-refractivity contribution in [1.82, 2.24) is 79.3 Å². The standard InChI is InChI=1S/C81H116N16O28S/c1-8-42(4)66(78(122)91-55(33-48-19-25-50(103)26-20-48)74(118)88-54(32-41(2)3)73(117)89-56(34-64(109)110)72(116)84-43(5)14-12-13-31-82)95-77(121)59(39-99)92-70(114)52(28-22-47-17-23-49(102)24-18-47)86-75(119)57(35-65(111)112)90-76(120)58(38-98)93-80(124)68(45(7)101)96-71(115)53(27-21-46-15-10-9-11-16-46)87-79(123)67(44(6)100)94-60(104)36-83-69(113)51(29-30-63(107)108)85-61(105)37-97-62(106)40-126-81(97)125/h9-11,15-20,23-26,41-45,51-59,66-68,98-103H,8,12-14,21-22,27-40,82H2,1-7H3,(H,83,113)(H,84,116)(H,85,105)(H,86,119)(H,87,123)(H,88,118)(H,89,117)(H,90,120)(H,91,122)(H,92,114)(H,93,124)(H,94,104)(H,95,121)(H,96,115)(H,107,108)(H,109,110)(H,111,112)/t42-,43+,44+,45+,51-,52-,53-,54-,55-,56-,57-,58-,59-,66-,67-,68-/m0/s1. The molecule has 0 saturated carbocycles. The molecule has 694 valence electrons. The number of aliphatic hydroxyl groups excluding tert-OH is 4. The molecule has 1 fully saturated rings. The first-order valence-electron chi connectivity index (χ1n) is 40.7. The molecule has 16 atom stereocenters. The fraction of sp³-hybridized carbons (Fsp3) is 0.543. The number of hydrogen-bond donors (Lipinski definition) is 24. The van der Waals surface area contributed by atoms with E-state index < -0.39 is 267 Å². The normalized spacial score (nSPS) is 15.6. The van der Waals surface area contributed by atoms with E-state index in [1.807, 2.05) is 0 Å². The molecule has 1 aliphatic heterocycles. The number of imide groups is 1. The van der Waals surface area contributed by atoms with Crippen molar-refractivity contribution in [1.29, 1.82) is 0 Å². The van der Waals surface area contributed by atoms with Gasteiger partial charge in [0.25, 0.3) is 5.24 Å². The molecule has 45 heteroatoms. The molecule has 1 heterocycles. The monoisotopic (exact) mass is 1790 g/mol. The summed E-state index contributed by atoms with van der Waals surface area (Å²) in [5.74, 6) is -23.4. The van der Waals surface area contributed by atoms with Gasteiger partial charge in [0.1, 0.15) is 90.5 Å². The Labute approximate surface area is 729 Å². The van der Waals surface area contributed by atoms with Crippen LogP contribution in [-0.2, 0) is 106 Å². The van der Waals surface area contributed by atoms with Crippen molar-refractivity contribution in [3.05, 3.63) is 95.6 Å². The first-order valence-corrected chi connectivity index (χ1v) is 41.7. The second-order valence-electron chi connectivity index (χ2n) is 30.7. The lowest BCUT2D eigenvalue weighted by Crippen LogP contribution is -2.63. The molecule has 25 N–H and O–H groups in total. The van der Waals surface area contributed by atoms with Crippen molar-refractivity contribution >= 4 is 124 Å². The Morgan fingerprint density at radius 2 is 0.841 bits per heavy atom. The molecule has 3 aromatic carbocycles. The van der Waals surface area contributed by atoms with Crippen LogP contribution in [0.4, 0.5) is 4.79 Å². The van der Waals surface area contributed by atoms with Crippen molar-refractivity contribution in [2.24, 2.45) is 17.6 Å². The van der Waals surface area contributed by atoms with Crippen LogP contribution in [0.15, 0.2) is 78.9 Å². The van der Waals surface area contributed by atoms with E-state index in [1.165, 1.54) is 55.5 Å². The molecule has 0 unspecified atom stereocenters. The van der Waals surface area contributed by atoms with Gasteiger partial charge in [-0.25, -0.2) is 0 Å². The summed E-state index contributed by atoms with van der Waals surface area (Å²) in [5.41, 5.74) is 6.98. The van der Waals surface area contributed by atoms with E-state index in [9.17, 15) is 137 Å². The highest BCUT2D eigenvalue weighted by Gasteiger charge is 2.41. The molecule has 1 aliphatic rings. The minimum Gasteiger partial charge on any atom is -0.508 e. The third-order valence-corrected chi connectivity index (χ3v) is 20.6. The number of unbranched alkanes of at least 4 members (excludes halogenated alkanes) is 1. The lowest BCUT2D eigenvalue weighted by molar-refractivity contribution is -0.142. The smallest absolute Gasteiger partial charge is 0.305 e. The molecule has 1 saturated heterocycles. The molecule has 126 heavy (non-hydrogen) atoms. The summed E-state index contributed by atoms with van der Waals surface area (Å²) >= 11 is 0.623. The number of aliphatic hydroxyl groups is 4. The zero-order chi connectivity index (χ0) is 94.2. The first-order chi connectivity index (χ1) is 59.5. The number of amides is 16. The second kappa shape index (κ2) is 53.7. The van der Waals surface area contributed by atoms with E-state index in [4.69, 9.17) is 5.73 Å². The van der Waals surface area contributed by atoms with Crippen LogP contribution in [0.1, 0.15) is 136 Å². The van der Waals surface area contributed by atoms with Gasteiger partial charge in [0.2, 0.25) is 88.6 Å². The highest BCUT2D eigenvalue weighted by molar-refractivity contribution is 8.14. The summed E-state index contributed by atoms with van der Waals surface area (Å²) in [6.45, 7) is 6.38. The minimum absolute atomic E-state index is 0.00546. The molecule has 0 radical (unpaired) electrons. The molecular formula is C81H116N16O28S. The van der Waals surface area contributed by atoms with Gasteiger partial charge < -0.3 is 126 Å². The van der Waals surface area contributed by atoms with E-state index >= 15 is 0 Å². The van der Waals surface area contributed by atoms with Crippen LogP contribution in [0.25, 0.3) is 0 Å². The number of aliphatic carboxylic acids is 3. The van der Waals surface area contributed by atoms with Gasteiger partial charge in [0, 0.05) is 18.9 Å². The SMILES string of the molecule is CC[C@H](C)[C@H](NC(=O)[C@H](CO)NC(=O)[C@H](CCc1ccc(O)cc1)NC(=O)[C@H](CC(=O)O)NC(=O)[C@H](CO)NC(=O)[C@@H](NC(=O)[C@H](CCc1ccccc1)NC(=O)[C@@H](NC(=O)CNC(=O)[C@H](CCC(=O)O)NC(=O)CN1C(=O)CSC1=O)[C@@H](C)O)[C@@H](C)O)C(=O)N[C@@H](Cc1ccc(O)cc1)C(=O)N[C@@H](CC(C)C)C(=O)N[C@@H](CC(=O)O)C(=O)N[C@H](C)CCCCN. The zero-order valence-corrected chi connectivity index (χ0v) is 71.5. The number of carboxylic acids is 3. The maximum absolute atomic E-state index is 14.7. The number of nitrogens with one attached hydrogen (secondary N) is 14. The average molecular weight is 1790 g/mol. The lowest BCUT2D eigenvalue weighted by Gasteiger charge is -2.30. The van der Waals surface area contributed by atoms with Gasteiger partial charge in [0.15, 0.2) is 0 Å². The summed E-state index contributed by atoms with van der Waals surface area (Å²) in [6, 6.07) is -3.17. The minimum atomic E-state index is -2.21. The number of carbonyl (C=O) groups is 19. The topological polar surface area (TPSA) is 704 Å². The highest BCUT2D eigenvalue weighted by Crippen LogP contribution is 2.21. The summed E-state index contributed by atoms with van der Waals surface area (Å²) in [6.07, 6.45) is -6.34. The molecule has 3 aromatic rings. The molecule has 16 amide bonds. The van der Waals surface area contributed by atoms with Gasteiger partial charge in [-0.2, -0.15) is 0 Å². The number of nitrogens with two attached hydrogens (primary N) is 1. The second-order valence-corrected chi connectivity index (χ2v) is 31.6. The summed E-state index contributed by atoms with van der Waals surface area (Å²) in [7, 11) is 0. The van der Waals surface area contributed by atoms with Crippen molar-refractivity contribution in [3.8, 4) is 11.5 Å². The number of nitrogens with zero attached hydrogens (tertiary/aromatic N) is 1. The largest absolute Gasteiger partial charge is 0.508 e. The van der Waals surface area contributed by atoms with Gasteiger partial charge in [-0.1, -0.05) is 107 Å². The van der Waals surface area contributed by atoms with Crippen LogP contribution in [-0.4, -0.2) is 292 Å². The number of aromatic hydroxyl groups is 2. The third-order valence-electron chi connectivity index (χ3n) is 19.8. The summed E-state index contributed by atoms with van der Waals surface area (Å²) in [4.78, 5) is 257. The Morgan fingerprint density at radius 1 is 0.429 bits per heavy atom. The van der Waals surface area contributed by atoms with Crippen LogP contribution in [0.5, 0.6) is 11.5 Å². The number of aryl methyl sites for hydroxylation is 2. The highest BCUT2D eigenvalue weighted by atomic mass is 32.2. The summed E-state index contributed by atoms with van der Waals surface area (Å²) < 4.78 is 0. The number of phenolic OH excluding ortho intramolecular Hbond substituents is 2. The quantitative estimate of drug-likeness (QED) is 0.0235. The number of hydrogen-bond acceptors (Lipinski definition) is 27. The van der Waals surface area contributed by atoms with Crippen molar-refractivity contribution in [3.63, 3.8) is 0 Å². The average Bonchev–Trinajstić information content (AvgIpc) is 1.46. The fourth-order valence-electron chi connectivity index (χ4n) is 12.5. The Balaban J connectivity index is 1.57. The van der Waals surface area contributed by atoms with Gasteiger partial charge in [-0.05, 0) is 131 Å². The first kappa shape index (κ1) is 106. The van der Waals surface area contributed by atoms with Crippen molar-refractivity contribution in [2.45, 2.75) is 229 Å². The molecule has 0 aromatic heterocycles. The number of rotatable bonds is 56. The number of phenols is 2. The molecule has 0 bridgehead atoms. The number of thioether (sulfide) groups is 1. The van der Waals surface area contributed by atoms with Crippen LogP contribution in [0.3, 0.4) is 0 Å².